The Hall–Kier alpha value is -3.42. The van der Waals surface area contributed by atoms with E-state index in [1.165, 1.54) is 0 Å². The Balaban J connectivity index is 1.65. The molecule has 0 radical (unpaired) electrons. The third-order valence-electron chi connectivity index (χ3n) is 5.12. The summed E-state index contributed by atoms with van der Waals surface area (Å²) in [5.74, 6) is 0.487. The van der Waals surface area contributed by atoms with Crippen molar-refractivity contribution in [2.24, 2.45) is 0 Å². The quantitative estimate of drug-likeness (QED) is 0.703. The van der Waals surface area contributed by atoms with Gasteiger partial charge in [-0.25, -0.2) is 9.78 Å². The van der Waals surface area contributed by atoms with Gasteiger partial charge in [0.1, 0.15) is 5.75 Å². The second kappa shape index (κ2) is 7.90. The summed E-state index contributed by atoms with van der Waals surface area (Å²) in [6, 6.07) is 9.05. The van der Waals surface area contributed by atoms with Crippen molar-refractivity contribution in [1.29, 1.82) is 0 Å². The molecule has 4 rings (SSSR count). The molecule has 1 aliphatic rings. The molecular formula is C21H22N4O4. The van der Waals surface area contributed by atoms with Crippen LogP contribution in [0.4, 0.5) is 0 Å². The molecule has 0 bridgehead atoms. The van der Waals surface area contributed by atoms with E-state index in [9.17, 15) is 14.4 Å². The molecule has 1 saturated heterocycles. The van der Waals surface area contributed by atoms with E-state index in [1.54, 1.807) is 19.1 Å². The first-order chi connectivity index (χ1) is 14.0. The molecule has 1 aromatic carbocycles. The number of rotatable bonds is 4. The Kier molecular flexibility index (Phi) is 5.16. The summed E-state index contributed by atoms with van der Waals surface area (Å²) < 4.78 is 5.83. The van der Waals surface area contributed by atoms with Gasteiger partial charge in [0.25, 0.3) is 11.5 Å². The van der Waals surface area contributed by atoms with E-state index in [0.717, 1.165) is 32.4 Å². The summed E-state index contributed by atoms with van der Waals surface area (Å²) in [5.41, 5.74) is 1.36. The molecule has 2 aromatic heterocycles. The van der Waals surface area contributed by atoms with Gasteiger partial charge in [0, 0.05) is 18.7 Å². The first-order valence-corrected chi connectivity index (χ1v) is 9.67. The summed E-state index contributed by atoms with van der Waals surface area (Å²) in [6.07, 6.45) is 3.21. The van der Waals surface area contributed by atoms with Gasteiger partial charge in [-0.3, -0.25) is 14.6 Å². The van der Waals surface area contributed by atoms with Crippen molar-refractivity contribution >= 4 is 16.9 Å². The second-order valence-corrected chi connectivity index (χ2v) is 7.18. The van der Waals surface area contributed by atoms with Crippen molar-refractivity contribution in [2.45, 2.75) is 26.2 Å². The Morgan fingerprint density at radius 2 is 1.90 bits per heavy atom. The maximum Gasteiger partial charge on any atom is 0.326 e. The minimum atomic E-state index is -0.569. The topological polar surface area (TPSA) is 108 Å². The molecule has 2 N–H and O–H groups in total. The Bertz CT molecular complexity index is 1180. The second-order valence-electron chi connectivity index (χ2n) is 7.18. The monoisotopic (exact) mass is 394 g/mol. The predicted molar refractivity (Wildman–Crippen MR) is 109 cm³/mol. The van der Waals surface area contributed by atoms with Crippen LogP contribution in [0, 0.1) is 6.92 Å². The number of carbonyl (C=O) groups is 1. The first kappa shape index (κ1) is 18.9. The van der Waals surface area contributed by atoms with Crippen molar-refractivity contribution in [2.75, 3.05) is 19.7 Å². The Morgan fingerprint density at radius 1 is 1.14 bits per heavy atom. The standard InChI is InChI=1S/C21H22N4O4/c1-13-11-15(22-19-18(13)23-21(28)24-20(19)27)14-7-3-4-8-16(14)29-12-17(26)25-9-5-2-6-10-25/h3-4,7-8,11H,2,5-6,9-10,12H2,1H3,(H2,23,24,27,28). The largest absolute Gasteiger partial charge is 0.483 e. The number of carbonyl (C=O) groups excluding carboxylic acids is 1. The summed E-state index contributed by atoms with van der Waals surface area (Å²) >= 11 is 0. The fourth-order valence-corrected chi connectivity index (χ4v) is 3.62. The predicted octanol–water partition coefficient (Wildman–Crippen LogP) is 1.98. The lowest BCUT2D eigenvalue weighted by Gasteiger charge is -2.26. The van der Waals surface area contributed by atoms with Gasteiger partial charge < -0.3 is 14.6 Å². The highest BCUT2D eigenvalue weighted by molar-refractivity contribution is 5.82. The fraction of sp³-hybridized carbons (Fsp3) is 0.333. The van der Waals surface area contributed by atoms with E-state index < -0.39 is 11.2 Å². The number of likely N-dealkylation sites (tertiary alicyclic amines) is 1. The van der Waals surface area contributed by atoms with E-state index in [-0.39, 0.29) is 18.0 Å². The lowest BCUT2D eigenvalue weighted by atomic mass is 10.1. The number of aromatic amines is 2. The number of para-hydroxylation sites is 1. The van der Waals surface area contributed by atoms with Crippen LogP contribution in [0.1, 0.15) is 24.8 Å². The average molecular weight is 394 g/mol. The summed E-state index contributed by atoms with van der Waals surface area (Å²) in [6.45, 7) is 3.30. The van der Waals surface area contributed by atoms with Crippen molar-refractivity contribution in [3.8, 4) is 17.0 Å². The number of benzene rings is 1. The van der Waals surface area contributed by atoms with Gasteiger partial charge in [0.15, 0.2) is 12.1 Å². The first-order valence-electron chi connectivity index (χ1n) is 9.67. The number of fused-ring (bicyclic) bond motifs is 1. The molecule has 0 unspecified atom stereocenters. The Morgan fingerprint density at radius 3 is 2.69 bits per heavy atom. The number of ether oxygens (including phenoxy) is 1. The molecule has 8 nitrogen and oxygen atoms in total. The van der Waals surface area contributed by atoms with Gasteiger partial charge >= 0.3 is 5.69 Å². The highest BCUT2D eigenvalue weighted by Crippen LogP contribution is 2.30. The number of hydrogen-bond acceptors (Lipinski definition) is 5. The molecule has 150 valence electrons. The third-order valence-corrected chi connectivity index (χ3v) is 5.12. The lowest BCUT2D eigenvalue weighted by molar-refractivity contribution is -0.134. The fourth-order valence-electron chi connectivity index (χ4n) is 3.62. The summed E-state index contributed by atoms with van der Waals surface area (Å²) in [7, 11) is 0. The van der Waals surface area contributed by atoms with E-state index in [1.807, 2.05) is 23.1 Å². The number of nitrogens with one attached hydrogen (secondary N) is 2. The smallest absolute Gasteiger partial charge is 0.326 e. The van der Waals surface area contributed by atoms with Crippen LogP contribution in [0.2, 0.25) is 0 Å². The number of aromatic nitrogens is 3. The molecule has 29 heavy (non-hydrogen) atoms. The number of nitrogens with zero attached hydrogens (tertiary/aromatic N) is 2. The maximum atomic E-state index is 12.4. The van der Waals surface area contributed by atoms with Gasteiger partial charge in [-0.2, -0.15) is 0 Å². The average Bonchev–Trinajstić information content (AvgIpc) is 2.73. The van der Waals surface area contributed by atoms with Crippen LogP contribution in [0.25, 0.3) is 22.3 Å². The normalized spacial score (nSPS) is 14.2. The van der Waals surface area contributed by atoms with Crippen LogP contribution in [0.5, 0.6) is 5.75 Å². The molecule has 3 aromatic rings. The number of hydrogen-bond donors (Lipinski definition) is 2. The van der Waals surface area contributed by atoms with Crippen molar-refractivity contribution < 1.29 is 9.53 Å². The molecule has 0 atom stereocenters. The molecule has 1 amide bonds. The molecule has 0 spiro atoms. The zero-order valence-corrected chi connectivity index (χ0v) is 16.2. The van der Waals surface area contributed by atoms with Gasteiger partial charge in [-0.1, -0.05) is 12.1 Å². The van der Waals surface area contributed by atoms with Crippen LogP contribution < -0.4 is 16.0 Å². The Labute approximate surface area is 166 Å². The van der Waals surface area contributed by atoms with Crippen LogP contribution in [0.3, 0.4) is 0 Å². The summed E-state index contributed by atoms with van der Waals surface area (Å²) in [4.78, 5) is 47.3. The van der Waals surface area contributed by atoms with Gasteiger partial charge in [-0.05, 0) is 49.9 Å². The minimum absolute atomic E-state index is 0.0313. The lowest BCUT2D eigenvalue weighted by Crippen LogP contribution is -2.38. The number of H-pyrrole nitrogens is 2. The molecule has 0 saturated carbocycles. The van der Waals surface area contributed by atoms with Crippen molar-refractivity contribution in [3.63, 3.8) is 0 Å². The summed E-state index contributed by atoms with van der Waals surface area (Å²) in [5, 5.41) is 0. The van der Waals surface area contributed by atoms with E-state index in [0.29, 0.717) is 28.1 Å². The van der Waals surface area contributed by atoms with Gasteiger partial charge in [-0.15, -0.1) is 0 Å². The van der Waals surface area contributed by atoms with Crippen molar-refractivity contribution in [1.82, 2.24) is 19.9 Å². The molecule has 1 aliphatic heterocycles. The van der Waals surface area contributed by atoms with E-state index in [4.69, 9.17) is 4.74 Å². The molecule has 8 heteroatoms. The van der Waals surface area contributed by atoms with Gasteiger partial charge in [0.2, 0.25) is 0 Å². The maximum absolute atomic E-state index is 12.4. The van der Waals surface area contributed by atoms with E-state index in [2.05, 4.69) is 15.0 Å². The highest BCUT2D eigenvalue weighted by Gasteiger charge is 2.18. The molecule has 0 aliphatic carbocycles. The van der Waals surface area contributed by atoms with Crippen LogP contribution in [0.15, 0.2) is 39.9 Å². The molecule has 3 heterocycles. The van der Waals surface area contributed by atoms with Crippen LogP contribution in [-0.4, -0.2) is 45.5 Å². The highest BCUT2D eigenvalue weighted by atomic mass is 16.5. The zero-order chi connectivity index (χ0) is 20.4. The van der Waals surface area contributed by atoms with Crippen molar-refractivity contribution in [3.05, 3.63) is 56.7 Å². The zero-order valence-electron chi connectivity index (χ0n) is 16.2. The molecule has 1 fully saturated rings. The number of pyridine rings is 1. The minimum Gasteiger partial charge on any atom is -0.483 e. The van der Waals surface area contributed by atoms with Crippen LogP contribution >= 0.6 is 0 Å². The number of aryl methyl sites for hydroxylation is 1. The SMILES string of the molecule is Cc1cc(-c2ccccc2OCC(=O)N2CCCCC2)nc2c(=O)[nH]c(=O)[nH]c12. The van der Waals surface area contributed by atoms with Crippen LogP contribution in [-0.2, 0) is 4.79 Å². The molecular weight excluding hydrogens is 372 g/mol. The van der Waals surface area contributed by atoms with Gasteiger partial charge in [0.05, 0.1) is 11.2 Å². The number of piperidine rings is 1. The third kappa shape index (κ3) is 3.91. The van der Waals surface area contributed by atoms with E-state index >= 15 is 0 Å². The number of amides is 1.